The van der Waals surface area contributed by atoms with E-state index in [1.165, 1.54) is 5.56 Å². The Bertz CT molecular complexity index is 1090. The predicted octanol–water partition coefficient (Wildman–Crippen LogP) is 1.49. The number of hydrogen-bond donors (Lipinski definition) is 2. The fourth-order valence-corrected chi connectivity index (χ4v) is 4.29. The monoisotopic (exact) mass is 434 g/mol. The summed E-state index contributed by atoms with van der Waals surface area (Å²) in [6.07, 6.45) is 3.44. The summed E-state index contributed by atoms with van der Waals surface area (Å²) in [5, 5.41) is 14.2. The summed E-state index contributed by atoms with van der Waals surface area (Å²) in [6.45, 7) is 3.73. The number of hydrogen-bond acceptors (Lipinski definition) is 6. The normalized spacial score (nSPS) is 18.8. The summed E-state index contributed by atoms with van der Waals surface area (Å²) in [6, 6.07) is 11.9. The number of furan rings is 1. The van der Waals surface area contributed by atoms with Crippen molar-refractivity contribution in [3.05, 3.63) is 59.9 Å². The smallest absolute Gasteiger partial charge is 0.242 e. The molecule has 2 aliphatic rings. The van der Waals surface area contributed by atoms with Gasteiger partial charge < -0.3 is 19.6 Å². The summed E-state index contributed by atoms with van der Waals surface area (Å²) in [5.41, 5.74) is 2.33. The van der Waals surface area contributed by atoms with Gasteiger partial charge in [0.2, 0.25) is 11.8 Å². The minimum Gasteiger partial charge on any atom is -0.464 e. The Morgan fingerprint density at radius 1 is 1.12 bits per heavy atom. The third-order valence-corrected chi connectivity index (χ3v) is 6.09. The van der Waals surface area contributed by atoms with E-state index < -0.39 is 6.04 Å². The number of aromatic nitrogens is 3. The van der Waals surface area contributed by atoms with Crippen LogP contribution in [0, 0.1) is 0 Å². The van der Waals surface area contributed by atoms with Gasteiger partial charge in [-0.05, 0) is 24.1 Å². The lowest BCUT2D eigenvalue weighted by Crippen LogP contribution is -2.41. The number of fused-ring (bicyclic) bond motifs is 1. The molecule has 5 rings (SSSR count). The molecule has 9 heteroatoms. The zero-order chi connectivity index (χ0) is 21.9. The molecule has 1 atom stereocenters. The van der Waals surface area contributed by atoms with E-state index in [1.807, 2.05) is 12.1 Å². The number of nitrogens with one attached hydrogen (secondary N) is 2. The largest absolute Gasteiger partial charge is 0.464 e. The minimum absolute atomic E-state index is 0.0720. The molecule has 1 unspecified atom stereocenters. The van der Waals surface area contributed by atoms with Gasteiger partial charge in [-0.15, -0.1) is 10.2 Å². The maximum atomic E-state index is 12.3. The van der Waals surface area contributed by atoms with Crippen LogP contribution in [0.25, 0.3) is 11.3 Å². The Hall–Kier alpha value is -3.46. The molecule has 2 amide bonds. The van der Waals surface area contributed by atoms with Gasteiger partial charge in [-0.2, -0.15) is 0 Å². The van der Waals surface area contributed by atoms with Gasteiger partial charge in [0.1, 0.15) is 17.6 Å². The van der Waals surface area contributed by atoms with E-state index in [0.29, 0.717) is 19.4 Å². The number of carbonyl (C=O) groups is 2. The van der Waals surface area contributed by atoms with Crippen molar-refractivity contribution in [2.24, 2.45) is 0 Å². The third kappa shape index (κ3) is 4.43. The maximum Gasteiger partial charge on any atom is 0.242 e. The molecule has 0 aliphatic carbocycles. The van der Waals surface area contributed by atoms with Crippen LogP contribution in [0.3, 0.4) is 0 Å². The Kier molecular flexibility index (Phi) is 5.72. The summed E-state index contributed by atoms with van der Waals surface area (Å²) in [7, 11) is 0. The lowest BCUT2D eigenvalue weighted by Gasteiger charge is -2.20. The van der Waals surface area contributed by atoms with Gasteiger partial charge in [0.05, 0.1) is 12.8 Å². The van der Waals surface area contributed by atoms with E-state index in [-0.39, 0.29) is 11.8 Å². The highest BCUT2D eigenvalue weighted by Crippen LogP contribution is 2.21. The second kappa shape index (κ2) is 8.96. The topological polar surface area (TPSA) is 105 Å². The molecule has 1 aromatic carbocycles. The number of nitrogens with zero attached hydrogens (tertiary/aromatic N) is 4. The highest BCUT2D eigenvalue weighted by molar-refractivity contribution is 5.90. The highest BCUT2D eigenvalue weighted by Gasteiger charge is 2.27. The van der Waals surface area contributed by atoms with Crippen molar-refractivity contribution in [3.8, 4) is 11.3 Å². The molecule has 0 radical (unpaired) electrons. The average molecular weight is 435 g/mol. The highest BCUT2D eigenvalue weighted by atomic mass is 16.3. The van der Waals surface area contributed by atoms with Crippen LogP contribution >= 0.6 is 0 Å². The summed E-state index contributed by atoms with van der Waals surface area (Å²) < 4.78 is 7.57. The second-order valence-electron chi connectivity index (χ2n) is 8.26. The van der Waals surface area contributed by atoms with Gasteiger partial charge in [-0.3, -0.25) is 14.5 Å². The van der Waals surface area contributed by atoms with Crippen molar-refractivity contribution < 1.29 is 14.0 Å². The molecule has 0 spiro atoms. The molecule has 0 bridgehead atoms. The van der Waals surface area contributed by atoms with Crippen LogP contribution in [0.4, 0.5) is 0 Å². The summed E-state index contributed by atoms with van der Waals surface area (Å²) >= 11 is 0. The third-order valence-electron chi connectivity index (χ3n) is 6.09. The summed E-state index contributed by atoms with van der Waals surface area (Å²) in [4.78, 5) is 26.0. The first-order valence-electron chi connectivity index (χ1n) is 11.0. The van der Waals surface area contributed by atoms with E-state index in [4.69, 9.17) is 4.42 Å². The van der Waals surface area contributed by atoms with Gasteiger partial charge in [0.15, 0.2) is 5.82 Å². The lowest BCUT2D eigenvalue weighted by atomic mass is 10.1. The molecular weight excluding hydrogens is 408 g/mol. The van der Waals surface area contributed by atoms with Crippen molar-refractivity contribution in [1.82, 2.24) is 30.3 Å². The number of amides is 2. The molecule has 4 heterocycles. The van der Waals surface area contributed by atoms with E-state index >= 15 is 0 Å². The maximum absolute atomic E-state index is 12.3. The fraction of sp³-hybridized carbons (Fsp3) is 0.391. The van der Waals surface area contributed by atoms with Gasteiger partial charge in [0.25, 0.3) is 0 Å². The zero-order valence-corrected chi connectivity index (χ0v) is 17.8. The Balaban J connectivity index is 1.16. The van der Waals surface area contributed by atoms with Crippen molar-refractivity contribution in [3.63, 3.8) is 0 Å². The number of carbonyl (C=O) groups excluding carboxylic acids is 2. The molecular formula is C23H26N6O3. The number of benzene rings is 1. The van der Waals surface area contributed by atoms with Crippen LogP contribution in [0.2, 0.25) is 0 Å². The molecule has 1 saturated heterocycles. The quantitative estimate of drug-likeness (QED) is 0.609. The first kappa shape index (κ1) is 20.4. The van der Waals surface area contributed by atoms with Crippen LogP contribution in [0.15, 0.2) is 47.1 Å². The molecule has 1 fully saturated rings. The lowest BCUT2D eigenvalue weighted by molar-refractivity contribution is -0.125. The van der Waals surface area contributed by atoms with E-state index in [9.17, 15) is 9.59 Å². The molecule has 2 aromatic heterocycles. The van der Waals surface area contributed by atoms with Gasteiger partial charge >= 0.3 is 0 Å². The van der Waals surface area contributed by atoms with Crippen LogP contribution in [0.5, 0.6) is 0 Å². The van der Waals surface area contributed by atoms with Gasteiger partial charge in [-0.25, -0.2) is 0 Å². The SMILES string of the molecule is O=C1CCC(C(=O)NCc2nnc3n2CCN(Cc2ccc(-c4ccco4)cc2)CC3)N1. The van der Waals surface area contributed by atoms with Crippen molar-refractivity contribution in [1.29, 1.82) is 0 Å². The van der Waals surface area contributed by atoms with Gasteiger partial charge in [-0.1, -0.05) is 24.3 Å². The minimum atomic E-state index is -0.441. The number of rotatable bonds is 6. The van der Waals surface area contributed by atoms with Crippen molar-refractivity contribution in [2.75, 3.05) is 13.1 Å². The van der Waals surface area contributed by atoms with Crippen LogP contribution < -0.4 is 10.6 Å². The van der Waals surface area contributed by atoms with E-state index in [2.05, 4.69) is 54.6 Å². The van der Waals surface area contributed by atoms with Crippen molar-refractivity contribution >= 4 is 11.8 Å². The standard InChI is InChI=1S/C23H26N6O3/c30-22-8-7-18(25-22)23(31)24-14-21-27-26-20-9-10-28(11-12-29(20)21)15-16-3-5-17(6-4-16)19-2-1-13-32-19/h1-6,13,18H,7-12,14-15H2,(H,24,31)(H,25,30). The van der Waals surface area contributed by atoms with Gasteiger partial charge in [0, 0.05) is 44.6 Å². The Morgan fingerprint density at radius 2 is 2.00 bits per heavy atom. The van der Waals surface area contributed by atoms with E-state index in [0.717, 1.165) is 55.6 Å². The average Bonchev–Trinajstić information content (AvgIpc) is 3.54. The first-order valence-corrected chi connectivity index (χ1v) is 11.0. The molecule has 2 N–H and O–H groups in total. The van der Waals surface area contributed by atoms with Crippen molar-refractivity contribution in [2.45, 2.75) is 44.9 Å². The zero-order valence-electron chi connectivity index (χ0n) is 17.8. The van der Waals surface area contributed by atoms with Crippen LogP contribution in [-0.2, 0) is 35.6 Å². The summed E-state index contributed by atoms with van der Waals surface area (Å²) in [5.74, 6) is 2.33. The Morgan fingerprint density at radius 3 is 2.75 bits per heavy atom. The first-order chi connectivity index (χ1) is 15.7. The Labute approximate surface area is 185 Å². The molecule has 0 saturated carbocycles. The molecule has 166 valence electrons. The molecule has 3 aromatic rings. The molecule has 2 aliphatic heterocycles. The van der Waals surface area contributed by atoms with Crippen LogP contribution in [0.1, 0.15) is 30.1 Å². The predicted molar refractivity (Wildman–Crippen MR) is 116 cm³/mol. The second-order valence-corrected chi connectivity index (χ2v) is 8.26. The molecule has 9 nitrogen and oxygen atoms in total. The fourth-order valence-electron chi connectivity index (χ4n) is 4.29. The van der Waals surface area contributed by atoms with E-state index in [1.54, 1.807) is 6.26 Å². The van der Waals surface area contributed by atoms with Crippen LogP contribution in [-0.4, -0.2) is 50.6 Å². The molecule has 32 heavy (non-hydrogen) atoms.